The van der Waals surface area contributed by atoms with Crippen molar-refractivity contribution in [3.8, 4) is 22.6 Å². The predicted octanol–water partition coefficient (Wildman–Crippen LogP) is 6.62. The lowest BCUT2D eigenvalue weighted by molar-refractivity contribution is -0.154. The van der Waals surface area contributed by atoms with Gasteiger partial charge in [-0.1, -0.05) is 48.0 Å². The van der Waals surface area contributed by atoms with E-state index in [-0.39, 0.29) is 46.1 Å². The zero-order valence-electron chi connectivity index (χ0n) is 25.6. The van der Waals surface area contributed by atoms with Crippen LogP contribution < -0.4 is 5.32 Å². The van der Waals surface area contributed by atoms with E-state index in [0.717, 1.165) is 40.8 Å². The Bertz CT molecular complexity index is 2020. The maximum absolute atomic E-state index is 14.5. The van der Waals surface area contributed by atoms with Gasteiger partial charge in [-0.2, -0.15) is 4.39 Å². The van der Waals surface area contributed by atoms with E-state index in [1.807, 2.05) is 50.2 Å². The van der Waals surface area contributed by atoms with Crippen molar-refractivity contribution in [2.24, 2.45) is 17.8 Å². The number of nitrogens with zero attached hydrogens (tertiary/aromatic N) is 4. The van der Waals surface area contributed by atoms with Gasteiger partial charge in [0.1, 0.15) is 5.82 Å². The van der Waals surface area contributed by atoms with Gasteiger partial charge in [-0.05, 0) is 75.6 Å². The van der Waals surface area contributed by atoms with Crippen LogP contribution in [0.5, 0.6) is 0 Å². The molecule has 0 spiro atoms. The van der Waals surface area contributed by atoms with Gasteiger partial charge in [-0.15, -0.1) is 0 Å². The summed E-state index contributed by atoms with van der Waals surface area (Å²) >= 11 is 0. The Morgan fingerprint density at radius 3 is 2.39 bits per heavy atom. The van der Waals surface area contributed by atoms with Crippen LogP contribution in [0, 0.1) is 30.6 Å². The van der Waals surface area contributed by atoms with Gasteiger partial charge >= 0.3 is 5.97 Å². The third-order valence-electron chi connectivity index (χ3n) is 9.29. The van der Waals surface area contributed by atoms with Gasteiger partial charge < -0.3 is 10.1 Å². The Morgan fingerprint density at radius 1 is 0.957 bits per heavy atom. The molecule has 9 nitrogen and oxygen atoms in total. The van der Waals surface area contributed by atoms with Gasteiger partial charge in [-0.25, -0.2) is 27.3 Å². The largest absolute Gasteiger partial charge is 0.466 e. The van der Waals surface area contributed by atoms with E-state index < -0.39 is 16.0 Å². The molecule has 2 aromatic carbocycles. The first-order valence-corrected chi connectivity index (χ1v) is 17.0. The van der Waals surface area contributed by atoms with E-state index in [1.165, 1.54) is 30.5 Å². The molecular formula is C35H34FN5O4S. The Morgan fingerprint density at radius 2 is 1.67 bits per heavy atom. The van der Waals surface area contributed by atoms with Crippen LogP contribution in [0.15, 0.2) is 83.9 Å². The van der Waals surface area contributed by atoms with Crippen LogP contribution in [-0.2, 0) is 19.6 Å². The molecule has 11 heteroatoms. The summed E-state index contributed by atoms with van der Waals surface area (Å²) in [6, 6.07) is 20.4. The van der Waals surface area contributed by atoms with Gasteiger partial charge in [0.05, 0.1) is 23.1 Å². The number of esters is 1. The quantitative estimate of drug-likeness (QED) is 0.149. The lowest BCUT2D eigenvalue weighted by atomic mass is 9.61. The van der Waals surface area contributed by atoms with Crippen LogP contribution in [-0.4, -0.2) is 46.0 Å². The second-order valence-electron chi connectivity index (χ2n) is 12.1. The number of halogens is 1. The standard InChI is InChI=1S/C35H34FN5O4S/c1-3-45-35(42)31-23-11-13-24(14-12-23)32(31)39-30-19-28(22-7-5-4-6-8-22)37-33(40-30)27-20-41(34-26(27)17-18-29(36)38-34)46(43,44)25-15-9-21(2)10-16-25/h4-10,15-20,23-24,31-32H,3,11-14H2,1-2H3,(H,37,39,40)/t23?,24?,31-,32-/m1/s1. The smallest absolute Gasteiger partial charge is 0.311 e. The number of aromatic nitrogens is 4. The Kier molecular flexibility index (Phi) is 7.80. The minimum atomic E-state index is -4.14. The van der Waals surface area contributed by atoms with Crippen molar-refractivity contribution in [2.75, 3.05) is 11.9 Å². The molecule has 3 saturated carbocycles. The van der Waals surface area contributed by atoms with Crippen molar-refractivity contribution in [1.29, 1.82) is 0 Å². The molecule has 0 amide bonds. The van der Waals surface area contributed by atoms with E-state index in [9.17, 15) is 17.6 Å². The number of carbonyl (C=O) groups is 1. The van der Waals surface area contributed by atoms with E-state index in [0.29, 0.717) is 29.1 Å². The topological polar surface area (TPSA) is 116 Å². The molecule has 5 aromatic rings. The molecule has 46 heavy (non-hydrogen) atoms. The molecule has 2 bridgehead atoms. The molecule has 3 heterocycles. The van der Waals surface area contributed by atoms with Crippen molar-refractivity contribution < 1.29 is 22.3 Å². The molecule has 0 unspecified atom stereocenters. The van der Waals surface area contributed by atoms with E-state index >= 15 is 0 Å². The molecule has 3 fully saturated rings. The summed E-state index contributed by atoms with van der Waals surface area (Å²) in [4.78, 5) is 27.0. The zero-order chi connectivity index (χ0) is 32.0. The number of hydrogen-bond acceptors (Lipinski definition) is 8. The number of benzene rings is 2. The Labute approximate surface area is 266 Å². The minimum Gasteiger partial charge on any atom is -0.466 e. The molecule has 2 atom stereocenters. The van der Waals surface area contributed by atoms with Gasteiger partial charge in [0.25, 0.3) is 10.0 Å². The van der Waals surface area contributed by atoms with Crippen molar-refractivity contribution in [3.63, 3.8) is 0 Å². The number of pyridine rings is 1. The second-order valence-corrected chi connectivity index (χ2v) is 13.9. The molecular weight excluding hydrogens is 605 g/mol. The molecule has 8 rings (SSSR count). The van der Waals surface area contributed by atoms with E-state index in [2.05, 4.69) is 10.3 Å². The maximum atomic E-state index is 14.5. The third-order valence-corrected chi connectivity index (χ3v) is 11.0. The minimum absolute atomic E-state index is 0.0475. The van der Waals surface area contributed by atoms with Crippen LogP contribution >= 0.6 is 0 Å². The number of aryl methyl sites for hydroxylation is 1. The fourth-order valence-corrected chi connectivity index (χ4v) is 8.36. The highest BCUT2D eigenvalue weighted by molar-refractivity contribution is 7.90. The zero-order valence-corrected chi connectivity index (χ0v) is 26.4. The highest BCUT2D eigenvalue weighted by Gasteiger charge is 2.48. The van der Waals surface area contributed by atoms with Crippen molar-refractivity contribution in [1.82, 2.24) is 18.9 Å². The van der Waals surface area contributed by atoms with Crippen LogP contribution in [0.1, 0.15) is 38.2 Å². The number of fused-ring (bicyclic) bond motifs is 4. The first-order valence-electron chi connectivity index (χ1n) is 15.6. The van der Waals surface area contributed by atoms with Gasteiger partial charge in [0.2, 0.25) is 5.95 Å². The number of nitrogens with one attached hydrogen (secondary N) is 1. The summed E-state index contributed by atoms with van der Waals surface area (Å²) in [6.07, 6.45) is 5.43. The molecule has 236 valence electrons. The van der Waals surface area contributed by atoms with Crippen molar-refractivity contribution >= 4 is 32.8 Å². The highest BCUT2D eigenvalue weighted by Crippen LogP contribution is 2.47. The SMILES string of the molecule is CCOC(=O)[C@@H]1C2CCC(CC2)[C@H]1Nc1cc(-c2ccccc2)nc(-c2cn(S(=O)(=O)c3ccc(C)cc3)c3nc(F)ccc23)n1. The lowest BCUT2D eigenvalue weighted by Crippen LogP contribution is -2.52. The van der Waals surface area contributed by atoms with Gasteiger partial charge in [0.15, 0.2) is 11.5 Å². The van der Waals surface area contributed by atoms with Crippen LogP contribution in [0.2, 0.25) is 0 Å². The molecule has 3 aromatic heterocycles. The Balaban J connectivity index is 1.38. The monoisotopic (exact) mass is 639 g/mol. The Hall–Kier alpha value is -4.64. The third kappa shape index (κ3) is 5.42. The summed E-state index contributed by atoms with van der Waals surface area (Å²) in [5, 5.41) is 3.98. The number of carbonyl (C=O) groups excluding carboxylic acids is 1. The molecule has 0 aliphatic heterocycles. The second kappa shape index (κ2) is 11.9. The highest BCUT2D eigenvalue weighted by atomic mass is 32.2. The van der Waals surface area contributed by atoms with Gasteiger partial charge in [0, 0.05) is 34.8 Å². The van der Waals surface area contributed by atoms with E-state index in [4.69, 9.17) is 14.7 Å². The van der Waals surface area contributed by atoms with Crippen LogP contribution in [0.25, 0.3) is 33.7 Å². The summed E-state index contributed by atoms with van der Waals surface area (Å²) < 4.78 is 48.7. The predicted molar refractivity (Wildman–Crippen MR) is 173 cm³/mol. The first-order chi connectivity index (χ1) is 22.2. The molecule has 1 N–H and O–H groups in total. The fourth-order valence-electron chi connectivity index (χ4n) is 7.04. The lowest BCUT2D eigenvalue weighted by Gasteiger charge is -2.47. The summed E-state index contributed by atoms with van der Waals surface area (Å²) in [5.74, 6) is -0.0173. The van der Waals surface area contributed by atoms with Crippen molar-refractivity contribution in [3.05, 3.63) is 90.5 Å². The number of ether oxygens (including phenoxy) is 1. The summed E-state index contributed by atoms with van der Waals surface area (Å²) in [6.45, 7) is 4.01. The number of hydrogen-bond donors (Lipinski definition) is 1. The summed E-state index contributed by atoms with van der Waals surface area (Å²) in [7, 11) is -4.14. The van der Waals surface area contributed by atoms with Gasteiger partial charge in [-0.3, -0.25) is 4.79 Å². The fraction of sp³-hybridized carbons (Fsp3) is 0.314. The van der Waals surface area contributed by atoms with Crippen LogP contribution in [0.3, 0.4) is 0 Å². The van der Waals surface area contributed by atoms with Crippen LogP contribution in [0.4, 0.5) is 10.2 Å². The molecule has 3 aliphatic carbocycles. The molecule has 0 saturated heterocycles. The molecule has 3 aliphatic rings. The average Bonchev–Trinajstić information content (AvgIpc) is 3.45. The average molecular weight is 640 g/mol. The number of rotatable bonds is 8. The summed E-state index contributed by atoms with van der Waals surface area (Å²) in [5.41, 5.74) is 2.67. The normalized spacial score (nSPS) is 20.9. The first kappa shape index (κ1) is 30.0. The number of anilines is 1. The maximum Gasteiger partial charge on any atom is 0.311 e. The van der Waals surface area contributed by atoms with Crippen molar-refractivity contribution in [2.45, 2.75) is 50.5 Å². The molecule has 0 radical (unpaired) electrons. The van der Waals surface area contributed by atoms with E-state index in [1.54, 1.807) is 12.1 Å².